The van der Waals surface area contributed by atoms with E-state index in [1.807, 2.05) is 31.2 Å². The predicted octanol–water partition coefficient (Wildman–Crippen LogP) is 3.92. The standard InChI is InChI=1S/C20H20ClN3O3/c1-11-6-4-5-7-14(11)18-17(12(2)22-20(26)24-18)19(25)23-15-10-13(21)8-9-16(15)27-3/h4-10,18H,1-3H3,(H,23,25)(H2,22,24,26). The monoisotopic (exact) mass is 385 g/mol. The maximum absolute atomic E-state index is 13.1. The third-order valence-electron chi connectivity index (χ3n) is 4.42. The van der Waals surface area contributed by atoms with Gasteiger partial charge in [-0.05, 0) is 43.2 Å². The van der Waals surface area contributed by atoms with Crippen LogP contribution in [0.25, 0.3) is 0 Å². The molecule has 3 rings (SSSR count). The van der Waals surface area contributed by atoms with Gasteiger partial charge in [0, 0.05) is 10.7 Å². The number of anilines is 1. The van der Waals surface area contributed by atoms with Gasteiger partial charge in [-0.1, -0.05) is 35.9 Å². The molecule has 3 amide bonds. The van der Waals surface area contributed by atoms with E-state index in [-0.39, 0.29) is 11.9 Å². The van der Waals surface area contributed by atoms with Crippen molar-refractivity contribution < 1.29 is 14.3 Å². The molecule has 6 nitrogen and oxygen atoms in total. The number of halogens is 1. The van der Waals surface area contributed by atoms with Crippen LogP contribution in [0.5, 0.6) is 5.75 Å². The van der Waals surface area contributed by atoms with Crippen LogP contribution in [0.3, 0.4) is 0 Å². The van der Waals surface area contributed by atoms with Gasteiger partial charge in [0.15, 0.2) is 0 Å². The van der Waals surface area contributed by atoms with Gasteiger partial charge in [-0.3, -0.25) is 4.79 Å². The molecule has 0 saturated carbocycles. The summed E-state index contributed by atoms with van der Waals surface area (Å²) in [7, 11) is 1.52. The molecule has 0 saturated heterocycles. The normalized spacial score (nSPS) is 16.4. The lowest BCUT2D eigenvalue weighted by Crippen LogP contribution is -2.46. The molecule has 7 heteroatoms. The van der Waals surface area contributed by atoms with E-state index in [4.69, 9.17) is 16.3 Å². The van der Waals surface area contributed by atoms with Gasteiger partial charge in [0.1, 0.15) is 5.75 Å². The third-order valence-corrected chi connectivity index (χ3v) is 4.66. The lowest BCUT2D eigenvalue weighted by Gasteiger charge is -2.29. The van der Waals surface area contributed by atoms with Crippen LogP contribution in [0.1, 0.15) is 24.1 Å². The van der Waals surface area contributed by atoms with Gasteiger partial charge in [0.25, 0.3) is 5.91 Å². The summed E-state index contributed by atoms with van der Waals surface area (Å²) in [6, 6.07) is 11.7. The first-order valence-electron chi connectivity index (χ1n) is 8.39. The number of benzene rings is 2. The third kappa shape index (κ3) is 3.90. The fourth-order valence-electron chi connectivity index (χ4n) is 3.11. The number of aryl methyl sites for hydroxylation is 1. The quantitative estimate of drug-likeness (QED) is 0.746. The molecule has 1 aliphatic rings. The molecular weight excluding hydrogens is 366 g/mol. The topological polar surface area (TPSA) is 79.5 Å². The number of hydrogen-bond acceptors (Lipinski definition) is 3. The highest BCUT2D eigenvalue weighted by atomic mass is 35.5. The highest BCUT2D eigenvalue weighted by molar-refractivity contribution is 6.31. The first-order valence-corrected chi connectivity index (χ1v) is 8.77. The van der Waals surface area contributed by atoms with Gasteiger partial charge in [-0.25, -0.2) is 4.79 Å². The summed E-state index contributed by atoms with van der Waals surface area (Å²) in [5.74, 6) is 0.139. The van der Waals surface area contributed by atoms with E-state index in [0.29, 0.717) is 27.7 Å². The molecule has 0 spiro atoms. The zero-order chi connectivity index (χ0) is 19.6. The summed E-state index contributed by atoms with van der Waals surface area (Å²) in [4.78, 5) is 25.1. The molecule has 0 aliphatic carbocycles. The van der Waals surface area contributed by atoms with E-state index >= 15 is 0 Å². The van der Waals surface area contributed by atoms with Crippen molar-refractivity contribution in [3.05, 3.63) is 69.9 Å². The minimum atomic E-state index is -0.565. The van der Waals surface area contributed by atoms with Gasteiger partial charge in [0.2, 0.25) is 0 Å². The number of allylic oxidation sites excluding steroid dienone is 1. The van der Waals surface area contributed by atoms with E-state index < -0.39 is 6.04 Å². The van der Waals surface area contributed by atoms with Crippen molar-refractivity contribution in [2.75, 3.05) is 12.4 Å². The van der Waals surface area contributed by atoms with E-state index in [1.54, 1.807) is 25.1 Å². The molecule has 0 aromatic heterocycles. The molecule has 2 aromatic rings. The number of carbonyl (C=O) groups excluding carboxylic acids is 2. The predicted molar refractivity (Wildman–Crippen MR) is 105 cm³/mol. The minimum Gasteiger partial charge on any atom is -0.495 e. The van der Waals surface area contributed by atoms with Crippen molar-refractivity contribution in [2.24, 2.45) is 0 Å². The van der Waals surface area contributed by atoms with Crippen molar-refractivity contribution in [3.63, 3.8) is 0 Å². The van der Waals surface area contributed by atoms with Crippen LogP contribution in [0.15, 0.2) is 53.7 Å². The summed E-state index contributed by atoms with van der Waals surface area (Å²) in [5.41, 5.74) is 3.20. The maximum atomic E-state index is 13.1. The molecule has 3 N–H and O–H groups in total. The van der Waals surface area contributed by atoms with Crippen LogP contribution in [0.2, 0.25) is 5.02 Å². The van der Waals surface area contributed by atoms with Crippen molar-refractivity contribution in [2.45, 2.75) is 19.9 Å². The lowest BCUT2D eigenvalue weighted by atomic mass is 9.92. The van der Waals surface area contributed by atoms with Gasteiger partial charge in [0.05, 0.1) is 24.4 Å². The van der Waals surface area contributed by atoms with Crippen LogP contribution >= 0.6 is 11.6 Å². The molecule has 1 aliphatic heterocycles. The largest absolute Gasteiger partial charge is 0.495 e. The number of amides is 3. The molecule has 0 fully saturated rings. The van der Waals surface area contributed by atoms with Crippen LogP contribution in [0.4, 0.5) is 10.5 Å². The number of rotatable bonds is 4. The van der Waals surface area contributed by atoms with Gasteiger partial charge >= 0.3 is 6.03 Å². The van der Waals surface area contributed by atoms with Gasteiger partial charge < -0.3 is 20.7 Å². The fraction of sp³-hybridized carbons (Fsp3) is 0.200. The van der Waals surface area contributed by atoms with Crippen LogP contribution in [-0.2, 0) is 4.79 Å². The number of carbonyl (C=O) groups is 2. The summed E-state index contributed by atoms with van der Waals surface area (Å²) in [5, 5.41) is 8.81. The summed E-state index contributed by atoms with van der Waals surface area (Å²) in [6.45, 7) is 3.64. The second-order valence-electron chi connectivity index (χ2n) is 6.23. The Morgan fingerprint density at radius 1 is 1.19 bits per heavy atom. The van der Waals surface area contributed by atoms with Crippen molar-refractivity contribution in [3.8, 4) is 5.75 Å². The Kier molecular flexibility index (Phi) is 5.37. The van der Waals surface area contributed by atoms with Crippen molar-refractivity contribution in [1.29, 1.82) is 0 Å². The van der Waals surface area contributed by atoms with E-state index in [0.717, 1.165) is 11.1 Å². The molecule has 27 heavy (non-hydrogen) atoms. The number of nitrogens with one attached hydrogen (secondary N) is 3. The smallest absolute Gasteiger partial charge is 0.319 e. The molecule has 1 unspecified atom stereocenters. The Balaban J connectivity index is 2.00. The number of hydrogen-bond donors (Lipinski definition) is 3. The van der Waals surface area contributed by atoms with Crippen LogP contribution in [-0.4, -0.2) is 19.0 Å². The molecule has 1 heterocycles. The number of urea groups is 1. The first kappa shape index (κ1) is 18.8. The van der Waals surface area contributed by atoms with Crippen LogP contribution < -0.4 is 20.7 Å². The number of ether oxygens (including phenoxy) is 1. The summed E-state index contributed by atoms with van der Waals surface area (Å²) in [6.07, 6.45) is 0. The Morgan fingerprint density at radius 2 is 1.93 bits per heavy atom. The van der Waals surface area contributed by atoms with E-state index in [1.165, 1.54) is 7.11 Å². The molecular formula is C20H20ClN3O3. The Bertz CT molecular complexity index is 940. The first-order chi connectivity index (χ1) is 12.9. The number of methoxy groups -OCH3 is 1. The second-order valence-corrected chi connectivity index (χ2v) is 6.66. The second kappa shape index (κ2) is 7.72. The van der Waals surface area contributed by atoms with Gasteiger partial charge in [-0.15, -0.1) is 0 Å². The minimum absolute atomic E-state index is 0.349. The Labute approximate surface area is 162 Å². The van der Waals surface area contributed by atoms with Crippen molar-refractivity contribution in [1.82, 2.24) is 10.6 Å². The zero-order valence-electron chi connectivity index (χ0n) is 15.2. The summed E-state index contributed by atoms with van der Waals surface area (Å²) >= 11 is 6.05. The van der Waals surface area contributed by atoms with E-state index in [9.17, 15) is 9.59 Å². The Hall–Kier alpha value is -2.99. The SMILES string of the molecule is COc1ccc(Cl)cc1NC(=O)C1=C(C)NC(=O)NC1c1ccccc1C. The van der Waals surface area contributed by atoms with E-state index in [2.05, 4.69) is 16.0 Å². The lowest BCUT2D eigenvalue weighted by molar-refractivity contribution is -0.113. The zero-order valence-corrected chi connectivity index (χ0v) is 16.0. The highest BCUT2D eigenvalue weighted by Crippen LogP contribution is 2.32. The summed E-state index contributed by atoms with van der Waals surface area (Å²) < 4.78 is 5.29. The van der Waals surface area contributed by atoms with Gasteiger partial charge in [-0.2, -0.15) is 0 Å². The molecule has 2 aromatic carbocycles. The molecule has 0 radical (unpaired) electrons. The average molecular weight is 386 g/mol. The Morgan fingerprint density at radius 3 is 2.63 bits per heavy atom. The fourth-order valence-corrected chi connectivity index (χ4v) is 3.28. The molecule has 1 atom stereocenters. The highest BCUT2D eigenvalue weighted by Gasteiger charge is 2.32. The van der Waals surface area contributed by atoms with Crippen LogP contribution in [0, 0.1) is 6.92 Å². The maximum Gasteiger partial charge on any atom is 0.319 e. The molecule has 0 bridgehead atoms. The molecule has 140 valence electrons. The van der Waals surface area contributed by atoms with Crippen molar-refractivity contribution >= 4 is 29.2 Å². The average Bonchev–Trinajstić information content (AvgIpc) is 2.61.